The van der Waals surface area contributed by atoms with Crippen LogP contribution in [-0.4, -0.2) is 11.8 Å². The maximum atomic E-state index is 5.22. The number of guanidine groups is 1. The number of nitrogens with two attached hydrogens (primary N) is 1. The van der Waals surface area contributed by atoms with Crippen LogP contribution in [-0.2, 0) is 0 Å². The number of nitrogens with zero attached hydrogens (tertiary/aromatic N) is 3. The monoisotopic (exact) mass is 125 g/mol. The van der Waals surface area contributed by atoms with Crippen molar-refractivity contribution in [2.24, 2.45) is 15.2 Å². The highest BCUT2D eigenvalue weighted by Crippen LogP contribution is 2.00. The molecule has 48 valence electrons. The van der Waals surface area contributed by atoms with Crippen molar-refractivity contribution in [3.8, 4) is 0 Å². The summed E-state index contributed by atoms with van der Waals surface area (Å²) in [6.07, 6.45) is 1.90. The number of hydrogen-bond donors (Lipinski definition) is 1. The van der Waals surface area contributed by atoms with Crippen molar-refractivity contribution >= 4 is 11.8 Å². The summed E-state index contributed by atoms with van der Waals surface area (Å²) >= 11 is 0. The van der Waals surface area contributed by atoms with Gasteiger partial charge >= 0.3 is 5.96 Å². The van der Waals surface area contributed by atoms with Crippen LogP contribution in [0.5, 0.6) is 0 Å². The summed E-state index contributed by atoms with van der Waals surface area (Å²) < 4.78 is 0. The van der Waals surface area contributed by atoms with E-state index in [1.165, 1.54) is 0 Å². The molecule has 4 nitrogen and oxygen atoms in total. The topological polar surface area (TPSA) is 62.7 Å². The Morgan fingerprint density at radius 2 is 2.22 bits per heavy atom. The summed E-state index contributed by atoms with van der Waals surface area (Å²) in [6.45, 7) is 2.06. The molecule has 0 spiro atoms. The van der Waals surface area contributed by atoms with E-state index in [0.29, 0.717) is 0 Å². The van der Waals surface area contributed by atoms with Gasteiger partial charge in [-0.3, -0.25) is 5.41 Å². The molecule has 9 heavy (non-hydrogen) atoms. The van der Waals surface area contributed by atoms with Crippen molar-refractivity contribution in [1.29, 1.82) is 0 Å². The number of aliphatic imine (C=N–C) groups is 1. The number of rotatable bonds is 2. The van der Waals surface area contributed by atoms with E-state index in [9.17, 15) is 0 Å². The summed E-state index contributed by atoms with van der Waals surface area (Å²) in [7, 11) is 0. The lowest BCUT2D eigenvalue weighted by molar-refractivity contribution is -0.116. The second kappa shape index (κ2) is 2.48. The Bertz CT molecular complexity index is 179. The van der Waals surface area contributed by atoms with Gasteiger partial charge in [0.1, 0.15) is 0 Å². The first kappa shape index (κ1) is 6.07. The standard InChI is InChI=1S/C5H8N4/c1-2-3-4-7-5(6)9-8-4/h6H,2-3H2,1H3/p+1. The molecule has 0 fully saturated rings. The fraction of sp³-hybridized carbons (Fsp3) is 0.600. The molecule has 4 heteroatoms. The van der Waals surface area contributed by atoms with Crippen molar-refractivity contribution < 1.29 is 5.41 Å². The molecule has 0 unspecified atom stereocenters. The molecule has 0 aromatic rings. The van der Waals surface area contributed by atoms with Gasteiger partial charge in [-0.25, -0.2) is 0 Å². The molecule has 2 N–H and O–H groups in total. The molecule has 0 bridgehead atoms. The van der Waals surface area contributed by atoms with Crippen molar-refractivity contribution in [3.05, 3.63) is 0 Å². The molecule has 0 aliphatic carbocycles. The van der Waals surface area contributed by atoms with Gasteiger partial charge in [0.2, 0.25) is 5.84 Å². The van der Waals surface area contributed by atoms with Crippen LogP contribution < -0.4 is 5.41 Å². The number of amidine groups is 1. The van der Waals surface area contributed by atoms with E-state index in [0.717, 1.165) is 18.7 Å². The smallest absolute Gasteiger partial charge is 0.283 e. The van der Waals surface area contributed by atoms with Gasteiger partial charge in [-0.05, 0) is 16.5 Å². The third-order valence-electron chi connectivity index (χ3n) is 0.985. The predicted octanol–water partition coefficient (Wildman–Crippen LogP) is -0.234. The lowest BCUT2D eigenvalue weighted by Crippen LogP contribution is -2.36. The molecule has 0 saturated carbocycles. The van der Waals surface area contributed by atoms with E-state index in [2.05, 4.69) is 22.1 Å². The van der Waals surface area contributed by atoms with Gasteiger partial charge in [-0.15, -0.1) is 0 Å². The molecule has 1 aliphatic heterocycles. The summed E-state index contributed by atoms with van der Waals surface area (Å²) in [5.74, 6) is 1.02. The molecule has 1 aliphatic rings. The minimum atomic E-state index is 0.276. The quantitative estimate of drug-likeness (QED) is 0.529. The molecule has 0 radical (unpaired) electrons. The van der Waals surface area contributed by atoms with Gasteiger partial charge in [0.05, 0.1) is 5.11 Å². The Morgan fingerprint density at radius 3 is 2.67 bits per heavy atom. The molecule has 0 aromatic carbocycles. The zero-order chi connectivity index (χ0) is 6.69. The summed E-state index contributed by atoms with van der Waals surface area (Å²) in [5.41, 5.74) is 0. The highest BCUT2D eigenvalue weighted by atomic mass is 15.3. The van der Waals surface area contributed by atoms with Gasteiger partial charge in [0.25, 0.3) is 0 Å². The number of azo groups is 1. The Kier molecular flexibility index (Phi) is 1.67. The largest absolute Gasteiger partial charge is 0.448 e. The van der Waals surface area contributed by atoms with Gasteiger partial charge in [-0.2, -0.15) is 0 Å². The Balaban J connectivity index is 2.53. The van der Waals surface area contributed by atoms with E-state index >= 15 is 0 Å². The molecule has 0 atom stereocenters. The first-order valence-corrected chi connectivity index (χ1v) is 2.94. The van der Waals surface area contributed by atoms with Gasteiger partial charge in [-0.1, -0.05) is 6.92 Å². The molecule has 1 rings (SSSR count). The zero-order valence-electron chi connectivity index (χ0n) is 5.33. The van der Waals surface area contributed by atoms with Crippen molar-refractivity contribution in [2.75, 3.05) is 0 Å². The van der Waals surface area contributed by atoms with Crippen LogP contribution in [0.15, 0.2) is 15.2 Å². The lowest BCUT2D eigenvalue weighted by Gasteiger charge is -1.79. The third-order valence-corrected chi connectivity index (χ3v) is 0.985. The van der Waals surface area contributed by atoms with Crippen molar-refractivity contribution in [3.63, 3.8) is 0 Å². The highest BCUT2D eigenvalue weighted by Gasteiger charge is 2.15. The Hall–Kier alpha value is -1.06. The Morgan fingerprint density at radius 1 is 1.44 bits per heavy atom. The van der Waals surface area contributed by atoms with E-state index in [1.54, 1.807) is 0 Å². The predicted molar refractivity (Wildman–Crippen MR) is 34.1 cm³/mol. The van der Waals surface area contributed by atoms with Crippen LogP contribution in [0.4, 0.5) is 0 Å². The summed E-state index contributed by atoms with van der Waals surface area (Å²) in [6, 6.07) is 0. The second-order valence-corrected chi connectivity index (χ2v) is 1.84. The van der Waals surface area contributed by atoms with Crippen LogP contribution in [0.2, 0.25) is 0 Å². The zero-order valence-corrected chi connectivity index (χ0v) is 5.33. The average molecular weight is 125 g/mol. The average Bonchev–Trinajstić information content (AvgIpc) is 2.17. The van der Waals surface area contributed by atoms with Crippen LogP contribution in [0.3, 0.4) is 0 Å². The maximum Gasteiger partial charge on any atom is 0.448 e. The van der Waals surface area contributed by atoms with E-state index in [-0.39, 0.29) is 5.96 Å². The first-order chi connectivity index (χ1) is 4.33. The van der Waals surface area contributed by atoms with Gasteiger partial charge < -0.3 is 0 Å². The molecular formula is C5H9N4+. The fourth-order valence-corrected chi connectivity index (χ4v) is 0.615. The second-order valence-electron chi connectivity index (χ2n) is 1.84. The Labute approximate surface area is 53.2 Å². The number of hydrogen-bond acceptors (Lipinski definition) is 1. The normalized spacial score (nSPS) is 16.6. The minimum Gasteiger partial charge on any atom is -0.283 e. The maximum absolute atomic E-state index is 5.22. The molecule has 0 aromatic heterocycles. The van der Waals surface area contributed by atoms with Gasteiger partial charge in [0, 0.05) is 6.42 Å². The van der Waals surface area contributed by atoms with Crippen LogP contribution in [0, 0.1) is 0 Å². The van der Waals surface area contributed by atoms with Crippen molar-refractivity contribution in [2.45, 2.75) is 19.8 Å². The molecule has 1 heterocycles. The van der Waals surface area contributed by atoms with Gasteiger partial charge in [0.15, 0.2) is 0 Å². The van der Waals surface area contributed by atoms with E-state index < -0.39 is 0 Å². The molecule has 0 amide bonds. The lowest BCUT2D eigenvalue weighted by atomic mass is 10.3. The van der Waals surface area contributed by atoms with Crippen molar-refractivity contribution in [1.82, 2.24) is 0 Å². The van der Waals surface area contributed by atoms with E-state index in [4.69, 9.17) is 5.41 Å². The van der Waals surface area contributed by atoms with Crippen LogP contribution >= 0.6 is 0 Å². The van der Waals surface area contributed by atoms with Crippen LogP contribution in [0.25, 0.3) is 0 Å². The van der Waals surface area contributed by atoms with Crippen LogP contribution in [0.1, 0.15) is 19.8 Å². The minimum absolute atomic E-state index is 0.276. The SMILES string of the molecule is CCCC1=NC(=[NH2+])N=N1. The third kappa shape index (κ3) is 1.42. The highest BCUT2D eigenvalue weighted by molar-refractivity contribution is 5.98. The first-order valence-electron chi connectivity index (χ1n) is 2.94. The molecular weight excluding hydrogens is 116 g/mol. The van der Waals surface area contributed by atoms with E-state index in [1.807, 2.05) is 0 Å². The summed E-state index contributed by atoms with van der Waals surface area (Å²) in [5, 5.41) is 12.5. The summed E-state index contributed by atoms with van der Waals surface area (Å²) in [4.78, 5) is 3.86. The fourth-order valence-electron chi connectivity index (χ4n) is 0.615. The molecule has 0 saturated heterocycles.